The first-order valence-electron chi connectivity index (χ1n) is 18.6. The maximum absolute atomic E-state index is 15.3. The van der Waals surface area contributed by atoms with Crippen LogP contribution in [0.25, 0.3) is 22.3 Å². The normalized spacial score (nSPS) is 19.0. The maximum atomic E-state index is 15.3. The van der Waals surface area contributed by atoms with Gasteiger partial charge in [-0.05, 0) is 67.7 Å². The number of amides is 5. The molecular formula is C38H47FN8O9. The number of hydrogen-bond donors (Lipinski definition) is 7. The van der Waals surface area contributed by atoms with Gasteiger partial charge in [-0.2, -0.15) is 0 Å². The Kier molecular flexibility index (Phi) is 11.5. The molecule has 2 aromatic heterocycles. The molecule has 17 nitrogen and oxygen atoms in total. The van der Waals surface area contributed by atoms with Crippen molar-refractivity contribution >= 4 is 40.6 Å². The van der Waals surface area contributed by atoms with Crippen molar-refractivity contribution in [1.29, 1.82) is 0 Å². The van der Waals surface area contributed by atoms with Gasteiger partial charge in [0, 0.05) is 29.1 Å². The highest BCUT2D eigenvalue weighted by Gasteiger charge is 2.46. The first-order chi connectivity index (χ1) is 26.6. The minimum absolute atomic E-state index is 0.0288. The number of pyridine rings is 2. The van der Waals surface area contributed by atoms with Gasteiger partial charge in [0.15, 0.2) is 5.60 Å². The monoisotopic (exact) mass is 778 g/mol. The summed E-state index contributed by atoms with van der Waals surface area (Å²) in [5.41, 5.74) is 12.5. The number of ether oxygens (including phenoxy) is 2. The molecule has 9 N–H and O–H groups in total. The number of urea groups is 1. The molecular weight excluding hydrogens is 731 g/mol. The summed E-state index contributed by atoms with van der Waals surface area (Å²) in [4.78, 5) is 81.5. The number of rotatable bonds is 14. The van der Waals surface area contributed by atoms with Gasteiger partial charge < -0.3 is 51.9 Å². The van der Waals surface area contributed by atoms with E-state index in [0.29, 0.717) is 58.2 Å². The first-order valence-corrected chi connectivity index (χ1v) is 18.6. The van der Waals surface area contributed by atoms with Crippen LogP contribution in [0.3, 0.4) is 0 Å². The smallest absolute Gasteiger partial charge is 0.343 e. The van der Waals surface area contributed by atoms with Crippen molar-refractivity contribution in [2.75, 3.05) is 19.9 Å². The second-order valence-electron chi connectivity index (χ2n) is 14.8. The van der Waals surface area contributed by atoms with E-state index in [1.165, 1.54) is 10.6 Å². The summed E-state index contributed by atoms with van der Waals surface area (Å²) in [7, 11) is 0. The van der Waals surface area contributed by atoms with Crippen LogP contribution >= 0.6 is 0 Å². The molecule has 18 heteroatoms. The average molecular weight is 779 g/mol. The predicted molar refractivity (Wildman–Crippen MR) is 199 cm³/mol. The van der Waals surface area contributed by atoms with Crippen molar-refractivity contribution in [3.8, 4) is 11.4 Å². The predicted octanol–water partition coefficient (Wildman–Crippen LogP) is 0.638. The van der Waals surface area contributed by atoms with E-state index in [2.05, 4.69) is 21.3 Å². The van der Waals surface area contributed by atoms with Crippen LogP contribution in [-0.2, 0) is 53.8 Å². The molecule has 2 aliphatic heterocycles. The first kappa shape index (κ1) is 40.2. The zero-order chi connectivity index (χ0) is 40.6. The number of esters is 1. The number of aromatic nitrogens is 2. The molecule has 6 rings (SSSR count). The second-order valence-corrected chi connectivity index (χ2v) is 14.8. The number of carbonyl (C=O) groups excluding carboxylic acids is 5. The van der Waals surface area contributed by atoms with Crippen molar-refractivity contribution in [3.05, 3.63) is 61.7 Å². The van der Waals surface area contributed by atoms with Crippen LogP contribution in [0, 0.1) is 18.7 Å². The molecule has 0 spiro atoms. The summed E-state index contributed by atoms with van der Waals surface area (Å²) in [6.07, 6.45) is 1.28. The standard InChI is InChI=1S/C38H47FN8O9/c1-5-38(54)22-11-27-32-20(13-47(27)35(51)21(22)14-56-36(38)52)30-24(9-8-19-18(4)23(39)12-26(45-32)29(19)30)44-28(48)15-55-16-43-33(49)25(7-6-10-42-37(41)53)46-34(50)31(40)17(2)3/h11-12,17,24-25,31,54H,5-10,13-16,40H2,1-4H3,(H,43,49)(H,44,48)(H,46,50)(H3,41,42,53)/t24-,25-,31-,38-/m0/s1. The van der Waals surface area contributed by atoms with E-state index >= 15 is 4.39 Å². The number of fused-ring (bicyclic) bond motifs is 5. The lowest BCUT2D eigenvalue weighted by atomic mass is 9.81. The molecule has 0 bridgehead atoms. The molecule has 56 heavy (non-hydrogen) atoms. The average Bonchev–Trinajstić information content (AvgIpc) is 3.53. The number of hydrogen-bond acceptors (Lipinski definition) is 11. The molecule has 0 unspecified atom stereocenters. The topological polar surface area (TPSA) is 259 Å². The Bertz CT molecular complexity index is 2190. The largest absolute Gasteiger partial charge is 0.458 e. The summed E-state index contributed by atoms with van der Waals surface area (Å²) >= 11 is 0. The molecule has 4 atom stereocenters. The lowest BCUT2D eigenvalue weighted by Gasteiger charge is -2.31. The van der Waals surface area contributed by atoms with Gasteiger partial charge in [0.05, 0.1) is 41.1 Å². The van der Waals surface area contributed by atoms with Gasteiger partial charge in [-0.15, -0.1) is 0 Å². The van der Waals surface area contributed by atoms with E-state index in [4.69, 9.17) is 25.9 Å². The van der Waals surface area contributed by atoms with Crippen LogP contribution < -0.4 is 38.3 Å². The highest BCUT2D eigenvalue weighted by Crippen LogP contribution is 2.46. The fourth-order valence-electron chi connectivity index (χ4n) is 7.68. The Balaban J connectivity index is 1.20. The summed E-state index contributed by atoms with van der Waals surface area (Å²) < 4.78 is 27.5. The van der Waals surface area contributed by atoms with E-state index in [-0.39, 0.29) is 56.3 Å². The van der Waals surface area contributed by atoms with Gasteiger partial charge >= 0.3 is 12.0 Å². The summed E-state index contributed by atoms with van der Waals surface area (Å²) in [5.74, 6) is -3.10. The molecule has 4 heterocycles. The number of halogens is 1. The third-order valence-electron chi connectivity index (χ3n) is 10.9. The third-order valence-corrected chi connectivity index (χ3v) is 10.9. The molecule has 0 saturated carbocycles. The number of aliphatic hydroxyl groups is 1. The highest BCUT2D eigenvalue weighted by atomic mass is 19.1. The maximum Gasteiger partial charge on any atom is 0.343 e. The molecule has 0 saturated heterocycles. The number of nitrogens with one attached hydrogen (secondary N) is 4. The summed E-state index contributed by atoms with van der Waals surface area (Å²) in [6, 6.07) is -0.262. The van der Waals surface area contributed by atoms with Crippen molar-refractivity contribution < 1.29 is 42.9 Å². The molecule has 3 aliphatic rings. The molecule has 300 valence electrons. The van der Waals surface area contributed by atoms with E-state index in [0.717, 1.165) is 5.56 Å². The molecule has 3 aromatic rings. The number of primary amides is 1. The number of benzene rings is 1. The van der Waals surface area contributed by atoms with Gasteiger partial charge in [0.2, 0.25) is 17.7 Å². The Hall–Kier alpha value is -5.46. The fourth-order valence-corrected chi connectivity index (χ4v) is 7.68. The van der Waals surface area contributed by atoms with Crippen LogP contribution in [0.4, 0.5) is 9.18 Å². The van der Waals surface area contributed by atoms with Crippen LogP contribution in [0.2, 0.25) is 0 Å². The molecule has 1 aromatic carbocycles. The van der Waals surface area contributed by atoms with Crippen molar-refractivity contribution in [3.63, 3.8) is 0 Å². The number of carbonyl (C=O) groups is 5. The number of aryl methyl sites for hydroxylation is 1. The van der Waals surface area contributed by atoms with E-state index in [1.807, 2.05) is 0 Å². The lowest BCUT2D eigenvalue weighted by molar-refractivity contribution is -0.172. The minimum Gasteiger partial charge on any atom is -0.458 e. The minimum atomic E-state index is -2.03. The van der Waals surface area contributed by atoms with Gasteiger partial charge in [0.25, 0.3) is 5.56 Å². The third kappa shape index (κ3) is 7.43. The quantitative estimate of drug-likeness (QED) is 0.0531. The van der Waals surface area contributed by atoms with Crippen LogP contribution in [0.15, 0.2) is 16.9 Å². The SMILES string of the molecule is CC[C@@]1(O)C(=O)OCc2c1cc1n(c2=O)Cc2c-1nc1cc(F)c(C)c3c1c2[C@@H](NC(=O)COCNC(=O)[C@H](CCCNC(N)=O)NC(=O)[C@@H](N)C(C)C)CC3. The Morgan fingerprint density at radius 1 is 1.14 bits per heavy atom. The van der Waals surface area contributed by atoms with Crippen molar-refractivity contribution in [2.24, 2.45) is 17.4 Å². The summed E-state index contributed by atoms with van der Waals surface area (Å²) in [6.45, 7) is 5.99. The van der Waals surface area contributed by atoms with Crippen LogP contribution in [0.5, 0.6) is 0 Å². The fraction of sp³-hybridized carbons (Fsp3) is 0.500. The van der Waals surface area contributed by atoms with E-state index in [9.17, 15) is 33.9 Å². The van der Waals surface area contributed by atoms with Crippen molar-refractivity contribution in [1.82, 2.24) is 30.8 Å². The van der Waals surface area contributed by atoms with Gasteiger partial charge in [0.1, 0.15) is 31.8 Å². The van der Waals surface area contributed by atoms with Gasteiger partial charge in [-0.1, -0.05) is 20.8 Å². The van der Waals surface area contributed by atoms with E-state index in [1.54, 1.807) is 33.8 Å². The summed E-state index contributed by atoms with van der Waals surface area (Å²) in [5, 5.41) is 22.6. The van der Waals surface area contributed by atoms with Gasteiger partial charge in [-0.25, -0.2) is 19.0 Å². The molecule has 0 fully saturated rings. The molecule has 5 amide bonds. The Morgan fingerprint density at radius 2 is 1.89 bits per heavy atom. The Morgan fingerprint density at radius 3 is 2.59 bits per heavy atom. The number of cyclic esters (lactones) is 1. The van der Waals surface area contributed by atoms with Crippen LogP contribution in [-0.4, -0.2) is 76.3 Å². The molecule has 1 aliphatic carbocycles. The van der Waals surface area contributed by atoms with E-state index < -0.39 is 71.4 Å². The highest BCUT2D eigenvalue weighted by molar-refractivity contribution is 5.94. The second kappa shape index (κ2) is 16.0. The lowest BCUT2D eigenvalue weighted by Crippen LogP contribution is -2.53. The van der Waals surface area contributed by atoms with Crippen LogP contribution in [0.1, 0.15) is 85.9 Å². The van der Waals surface area contributed by atoms with Gasteiger partial charge in [-0.3, -0.25) is 19.2 Å². The number of nitrogens with zero attached hydrogens (tertiary/aromatic N) is 2. The Labute approximate surface area is 321 Å². The zero-order valence-electron chi connectivity index (χ0n) is 31.7. The number of nitrogens with two attached hydrogens (primary N) is 2. The molecule has 0 radical (unpaired) electrons. The zero-order valence-corrected chi connectivity index (χ0v) is 31.7. The van der Waals surface area contributed by atoms with Crippen molar-refractivity contribution in [2.45, 2.75) is 96.7 Å².